The van der Waals surface area contributed by atoms with Crippen molar-refractivity contribution in [2.45, 2.75) is 29.4 Å². The molecule has 3 rings (SSSR count). The number of benzene rings is 1. The molecule has 1 aliphatic heterocycles. The highest BCUT2D eigenvalue weighted by molar-refractivity contribution is 8.20. The predicted molar refractivity (Wildman–Crippen MR) is 91.2 cm³/mol. The zero-order chi connectivity index (χ0) is 17.5. The molecule has 6 nitrogen and oxygen atoms in total. The van der Waals surface area contributed by atoms with Gasteiger partial charge in [0.2, 0.25) is 5.60 Å². The Hall–Kier alpha value is -1.54. The normalized spacial score (nSPS) is 24.4. The SMILES string of the molecule is COC(=O)C1(OC(C)=O)Cc2c(O)ccc(O)c2C2(C1)SCCS2. The third-order valence-electron chi connectivity index (χ3n) is 4.28. The minimum absolute atomic E-state index is 0.0301. The van der Waals surface area contributed by atoms with Gasteiger partial charge in [-0.25, -0.2) is 4.79 Å². The van der Waals surface area contributed by atoms with Gasteiger partial charge in [0.25, 0.3) is 0 Å². The van der Waals surface area contributed by atoms with Crippen molar-refractivity contribution in [1.29, 1.82) is 0 Å². The minimum atomic E-state index is -1.51. The van der Waals surface area contributed by atoms with E-state index >= 15 is 0 Å². The number of carbonyl (C=O) groups is 2. The van der Waals surface area contributed by atoms with Gasteiger partial charge in [-0.1, -0.05) is 0 Å². The van der Waals surface area contributed by atoms with Crippen molar-refractivity contribution in [3.8, 4) is 11.5 Å². The van der Waals surface area contributed by atoms with Crippen LogP contribution in [-0.2, 0) is 29.6 Å². The summed E-state index contributed by atoms with van der Waals surface area (Å²) in [5.41, 5.74) is -0.472. The number of thioether (sulfide) groups is 2. The standard InChI is InChI=1S/C16H18O6S2/c1-9(17)22-15(14(20)21-2)7-10-11(18)3-4-12(19)13(10)16(8-15)23-5-6-24-16/h3-4,18-19H,5-8H2,1-2H3. The first kappa shape index (κ1) is 17.3. The fourth-order valence-electron chi connectivity index (χ4n) is 3.46. The molecule has 2 N–H and O–H groups in total. The van der Waals surface area contributed by atoms with Crippen molar-refractivity contribution in [3.05, 3.63) is 23.3 Å². The van der Waals surface area contributed by atoms with Crippen LogP contribution in [0, 0.1) is 0 Å². The highest BCUT2D eigenvalue weighted by Crippen LogP contribution is 2.63. The molecule has 1 heterocycles. The van der Waals surface area contributed by atoms with E-state index in [0.29, 0.717) is 11.1 Å². The van der Waals surface area contributed by atoms with Crippen molar-refractivity contribution in [1.82, 2.24) is 0 Å². The molecule has 0 radical (unpaired) electrons. The van der Waals surface area contributed by atoms with Crippen LogP contribution in [-0.4, -0.2) is 46.4 Å². The Labute approximate surface area is 147 Å². The molecule has 0 amide bonds. The molecular weight excluding hydrogens is 352 g/mol. The molecule has 130 valence electrons. The first-order valence-electron chi connectivity index (χ1n) is 7.44. The fourth-order valence-corrected chi connectivity index (χ4v) is 7.04. The fraction of sp³-hybridized carbons (Fsp3) is 0.500. The van der Waals surface area contributed by atoms with Gasteiger partial charge in [0.15, 0.2) is 0 Å². The van der Waals surface area contributed by atoms with Gasteiger partial charge in [0, 0.05) is 42.4 Å². The van der Waals surface area contributed by atoms with Crippen LogP contribution in [0.3, 0.4) is 0 Å². The minimum Gasteiger partial charge on any atom is -0.508 e. The molecule has 2 aliphatic rings. The van der Waals surface area contributed by atoms with Gasteiger partial charge in [0.1, 0.15) is 11.5 Å². The van der Waals surface area contributed by atoms with Gasteiger partial charge in [-0.05, 0) is 12.1 Å². The maximum atomic E-state index is 12.5. The summed E-state index contributed by atoms with van der Waals surface area (Å²) in [5.74, 6) is 0.458. The lowest BCUT2D eigenvalue weighted by atomic mass is 9.78. The molecule has 8 heteroatoms. The van der Waals surface area contributed by atoms with Crippen LogP contribution >= 0.6 is 23.5 Å². The second kappa shape index (κ2) is 6.07. The molecule has 1 saturated heterocycles. The Kier molecular flexibility index (Phi) is 4.37. The monoisotopic (exact) mass is 370 g/mol. The molecule has 1 aromatic carbocycles. The number of esters is 2. The molecule has 0 aromatic heterocycles. The average Bonchev–Trinajstić information content (AvgIpc) is 2.97. The summed E-state index contributed by atoms with van der Waals surface area (Å²) in [6.45, 7) is 1.24. The van der Waals surface area contributed by atoms with Crippen molar-refractivity contribution in [2.75, 3.05) is 18.6 Å². The van der Waals surface area contributed by atoms with E-state index in [9.17, 15) is 19.8 Å². The summed E-state index contributed by atoms with van der Waals surface area (Å²) in [6.07, 6.45) is 0.156. The van der Waals surface area contributed by atoms with Crippen LogP contribution in [0.25, 0.3) is 0 Å². The van der Waals surface area contributed by atoms with Gasteiger partial charge in [-0.3, -0.25) is 4.79 Å². The molecule has 0 saturated carbocycles. The van der Waals surface area contributed by atoms with Crippen LogP contribution in [0.4, 0.5) is 0 Å². The zero-order valence-electron chi connectivity index (χ0n) is 13.3. The van der Waals surface area contributed by atoms with E-state index < -0.39 is 21.6 Å². The third-order valence-corrected chi connectivity index (χ3v) is 7.69. The van der Waals surface area contributed by atoms with Crippen molar-refractivity contribution >= 4 is 35.5 Å². The van der Waals surface area contributed by atoms with Crippen LogP contribution < -0.4 is 0 Å². The maximum absolute atomic E-state index is 12.5. The van der Waals surface area contributed by atoms with E-state index in [4.69, 9.17) is 9.47 Å². The van der Waals surface area contributed by atoms with E-state index in [-0.39, 0.29) is 24.3 Å². The largest absolute Gasteiger partial charge is 0.508 e. The third kappa shape index (κ3) is 2.61. The number of phenolic OH excluding ortho intramolecular Hbond substituents is 2. The van der Waals surface area contributed by atoms with Gasteiger partial charge < -0.3 is 19.7 Å². The molecule has 1 unspecified atom stereocenters. The van der Waals surface area contributed by atoms with Crippen LogP contribution in [0.1, 0.15) is 24.5 Å². The Morgan fingerprint density at radius 3 is 2.38 bits per heavy atom. The summed E-state index contributed by atoms with van der Waals surface area (Å²) >= 11 is 3.16. The van der Waals surface area contributed by atoms with E-state index in [2.05, 4.69) is 0 Å². The number of rotatable bonds is 2. The number of methoxy groups -OCH3 is 1. The number of phenols is 2. The lowest BCUT2D eigenvalue weighted by Crippen LogP contribution is -2.52. The lowest BCUT2D eigenvalue weighted by Gasteiger charge is -2.44. The molecular formula is C16H18O6S2. The Balaban J connectivity index is 2.22. The van der Waals surface area contributed by atoms with E-state index in [1.54, 1.807) is 23.5 Å². The highest BCUT2D eigenvalue weighted by atomic mass is 32.2. The smallest absolute Gasteiger partial charge is 0.350 e. The predicted octanol–water partition coefficient (Wildman–Crippen LogP) is 2.15. The summed E-state index contributed by atoms with van der Waals surface area (Å²) in [6, 6.07) is 2.83. The number of carbonyl (C=O) groups excluding carboxylic acids is 2. The highest BCUT2D eigenvalue weighted by Gasteiger charge is 2.58. The number of hydrogen-bond acceptors (Lipinski definition) is 8. The van der Waals surface area contributed by atoms with E-state index in [0.717, 1.165) is 11.5 Å². The van der Waals surface area contributed by atoms with Crippen LogP contribution in [0.2, 0.25) is 0 Å². The van der Waals surface area contributed by atoms with Gasteiger partial charge in [-0.2, -0.15) is 0 Å². The number of aromatic hydroxyl groups is 2. The molecule has 1 spiro atoms. The second-order valence-corrected chi connectivity index (χ2v) is 8.89. The number of ether oxygens (including phenoxy) is 2. The van der Waals surface area contributed by atoms with Crippen LogP contribution in [0.15, 0.2) is 12.1 Å². The molecule has 0 bridgehead atoms. The lowest BCUT2D eigenvalue weighted by molar-refractivity contribution is -0.181. The Morgan fingerprint density at radius 1 is 1.17 bits per heavy atom. The first-order chi connectivity index (χ1) is 11.3. The summed E-state index contributed by atoms with van der Waals surface area (Å²) in [5, 5.41) is 20.7. The van der Waals surface area contributed by atoms with Gasteiger partial charge in [0.05, 0.1) is 11.2 Å². The second-order valence-electron chi connectivity index (χ2n) is 5.84. The van der Waals surface area contributed by atoms with Crippen molar-refractivity contribution in [3.63, 3.8) is 0 Å². The molecule has 1 aromatic rings. The van der Waals surface area contributed by atoms with Crippen molar-refractivity contribution in [2.24, 2.45) is 0 Å². The van der Waals surface area contributed by atoms with E-state index in [1.807, 2.05) is 0 Å². The molecule has 24 heavy (non-hydrogen) atoms. The number of fused-ring (bicyclic) bond motifs is 2. The zero-order valence-corrected chi connectivity index (χ0v) is 15.0. The molecule has 1 atom stereocenters. The maximum Gasteiger partial charge on any atom is 0.350 e. The van der Waals surface area contributed by atoms with E-state index in [1.165, 1.54) is 26.2 Å². The summed E-state index contributed by atoms with van der Waals surface area (Å²) < 4.78 is 9.67. The molecule has 1 fully saturated rings. The summed E-state index contributed by atoms with van der Waals surface area (Å²) in [7, 11) is 1.24. The van der Waals surface area contributed by atoms with Gasteiger partial charge in [-0.15, -0.1) is 23.5 Å². The average molecular weight is 370 g/mol. The van der Waals surface area contributed by atoms with Crippen LogP contribution in [0.5, 0.6) is 11.5 Å². The number of hydrogen-bond donors (Lipinski definition) is 2. The quantitative estimate of drug-likeness (QED) is 0.604. The summed E-state index contributed by atoms with van der Waals surface area (Å²) in [4.78, 5) is 24.2. The topological polar surface area (TPSA) is 93.1 Å². The van der Waals surface area contributed by atoms with Gasteiger partial charge >= 0.3 is 11.9 Å². The Bertz CT molecular complexity index is 698. The van der Waals surface area contributed by atoms with Crippen molar-refractivity contribution < 1.29 is 29.3 Å². The Morgan fingerprint density at radius 2 is 1.79 bits per heavy atom. The molecule has 1 aliphatic carbocycles. The first-order valence-corrected chi connectivity index (χ1v) is 9.41.